The van der Waals surface area contributed by atoms with Gasteiger partial charge < -0.3 is 15.4 Å². The highest BCUT2D eigenvalue weighted by atomic mass is 35.5. The Balaban J connectivity index is 1.88. The molecule has 2 rings (SSSR count). The van der Waals surface area contributed by atoms with Crippen molar-refractivity contribution < 1.29 is 9.90 Å². The lowest BCUT2D eigenvalue weighted by atomic mass is 10.1. The van der Waals surface area contributed by atoms with E-state index in [1.54, 1.807) is 12.3 Å². The van der Waals surface area contributed by atoms with Gasteiger partial charge in [0.2, 0.25) is 0 Å². The number of nitrogens with one attached hydrogen (secondary N) is 2. The Bertz CT molecular complexity index is 371. The Morgan fingerprint density at radius 3 is 2.87 bits per heavy atom. The van der Waals surface area contributed by atoms with Crippen molar-refractivity contribution in [3.8, 4) is 0 Å². The van der Waals surface area contributed by atoms with Gasteiger partial charge in [-0.1, -0.05) is 11.6 Å². The largest absolute Gasteiger partial charge is 0.396 e. The summed E-state index contributed by atoms with van der Waals surface area (Å²) in [6.07, 6.45) is 3.53. The van der Waals surface area contributed by atoms with Crippen LogP contribution in [0, 0.1) is 5.41 Å². The number of carbonyl (C=O) groups is 1. The Labute approximate surface area is 92.6 Å². The van der Waals surface area contributed by atoms with Crippen LogP contribution in [0.3, 0.4) is 0 Å². The lowest BCUT2D eigenvalue weighted by Gasteiger charge is -2.11. The van der Waals surface area contributed by atoms with Crippen molar-refractivity contribution in [1.29, 1.82) is 0 Å². The molecule has 0 spiro atoms. The summed E-state index contributed by atoms with van der Waals surface area (Å²) in [6, 6.07) is 1.58. The van der Waals surface area contributed by atoms with Crippen molar-refractivity contribution in [2.75, 3.05) is 13.2 Å². The second-order valence-corrected chi connectivity index (χ2v) is 4.51. The third kappa shape index (κ3) is 2.33. The van der Waals surface area contributed by atoms with Crippen LogP contribution in [0.15, 0.2) is 12.3 Å². The predicted molar refractivity (Wildman–Crippen MR) is 56.9 cm³/mol. The van der Waals surface area contributed by atoms with E-state index in [0.717, 1.165) is 12.8 Å². The van der Waals surface area contributed by atoms with Gasteiger partial charge >= 0.3 is 0 Å². The van der Waals surface area contributed by atoms with Gasteiger partial charge in [-0.2, -0.15) is 0 Å². The second-order valence-electron chi connectivity index (χ2n) is 4.07. The summed E-state index contributed by atoms with van der Waals surface area (Å²) in [6.45, 7) is 0.664. The molecule has 1 aromatic rings. The zero-order chi connectivity index (χ0) is 10.9. The molecule has 4 nitrogen and oxygen atoms in total. The molecular weight excluding hydrogens is 216 g/mol. The van der Waals surface area contributed by atoms with E-state index in [0.29, 0.717) is 17.3 Å². The van der Waals surface area contributed by atoms with Gasteiger partial charge in [0, 0.05) is 18.2 Å². The maximum Gasteiger partial charge on any atom is 0.267 e. The highest BCUT2D eigenvalue weighted by Crippen LogP contribution is 2.44. The summed E-state index contributed by atoms with van der Waals surface area (Å²) < 4.78 is 0. The van der Waals surface area contributed by atoms with Crippen LogP contribution >= 0.6 is 11.6 Å². The highest BCUT2D eigenvalue weighted by molar-refractivity contribution is 6.30. The zero-order valence-electron chi connectivity index (χ0n) is 8.22. The molecule has 0 atom stereocenters. The molecule has 0 bridgehead atoms. The number of aliphatic hydroxyl groups is 1. The normalized spacial score (nSPS) is 17.5. The lowest BCUT2D eigenvalue weighted by molar-refractivity contribution is 0.0931. The quantitative estimate of drug-likeness (QED) is 0.724. The fourth-order valence-electron chi connectivity index (χ4n) is 1.43. The number of halogens is 1. The molecule has 15 heavy (non-hydrogen) atoms. The lowest BCUT2D eigenvalue weighted by Crippen LogP contribution is -2.31. The molecule has 3 N–H and O–H groups in total. The summed E-state index contributed by atoms with van der Waals surface area (Å²) in [5.74, 6) is -0.179. The molecule has 1 amide bonds. The SMILES string of the molecule is O=C(NCC1(CO)CC1)c1cc(Cl)c[nH]1. The molecule has 1 heterocycles. The van der Waals surface area contributed by atoms with E-state index in [9.17, 15) is 4.79 Å². The van der Waals surface area contributed by atoms with Gasteiger partial charge in [-0.3, -0.25) is 4.79 Å². The Kier molecular flexibility index (Phi) is 2.71. The number of carbonyl (C=O) groups excluding carboxylic acids is 1. The van der Waals surface area contributed by atoms with Gasteiger partial charge in [-0.25, -0.2) is 0 Å². The van der Waals surface area contributed by atoms with Crippen LogP contribution in [0.1, 0.15) is 23.3 Å². The standard InChI is InChI=1S/C10H13ClN2O2/c11-7-3-8(12-4-7)9(15)13-5-10(6-14)1-2-10/h3-4,12,14H,1-2,5-6H2,(H,13,15). The van der Waals surface area contributed by atoms with E-state index >= 15 is 0 Å². The maximum absolute atomic E-state index is 11.6. The van der Waals surface area contributed by atoms with Crippen LogP contribution in [0.4, 0.5) is 0 Å². The summed E-state index contributed by atoms with van der Waals surface area (Å²) in [5, 5.41) is 12.4. The Morgan fingerprint density at radius 2 is 2.40 bits per heavy atom. The first kappa shape index (κ1) is 10.5. The van der Waals surface area contributed by atoms with Gasteiger partial charge in [0.05, 0.1) is 11.6 Å². The average molecular weight is 229 g/mol. The van der Waals surface area contributed by atoms with Crippen LogP contribution in [0.25, 0.3) is 0 Å². The van der Waals surface area contributed by atoms with Gasteiger partial charge in [0.1, 0.15) is 5.69 Å². The number of hydrogen-bond acceptors (Lipinski definition) is 2. The molecule has 0 radical (unpaired) electrons. The number of aliphatic hydroxyl groups excluding tert-OH is 1. The van der Waals surface area contributed by atoms with Crippen molar-refractivity contribution in [2.24, 2.45) is 5.41 Å². The minimum Gasteiger partial charge on any atom is -0.396 e. The van der Waals surface area contributed by atoms with E-state index in [-0.39, 0.29) is 17.9 Å². The Morgan fingerprint density at radius 1 is 1.67 bits per heavy atom. The monoisotopic (exact) mass is 228 g/mol. The smallest absolute Gasteiger partial charge is 0.267 e. The average Bonchev–Trinajstić information content (AvgIpc) is 2.90. The second kappa shape index (κ2) is 3.87. The van der Waals surface area contributed by atoms with Crippen molar-refractivity contribution in [3.05, 3.63) is 23.0 Å². The Hall–Kier alpha value is -1.00. The van der Waals surface area contributed by atoms with Gasteiger partial charge in [-0.05, 0) is 18.9 Å². The third-order valence-electron chi connectivity index (χ3n) is 2.81. The van der Waals surface area contributed by atoms with E-state index < -0.39 is 0 Å². The number of H-pyrrole nitrogens is 1. The number of aromatic nitrogens is 1. The summed E-state index contributed by atoms with van der Waals surface area (Å²) in [5.41, 5.74) is 0.389. The van der Waals surface area contributed by atoms with Crippen LogP contribution < -0.4 is 5.32 Å². The molecule has 0 unspecified atom stereocenters. The first-order valence-electron chi connectivity index (χ1n) is 4.88. The predicted octanol–water partition coefficient (Wildman–Crippen LogP) is 1.17. The minimum absolute atomic E-state index is 0.0634. The zero-order valence-corrected chi connectivity index (χ0v) is 8.97. The molecule has 5 heteroatoms. The highest BCUT2D eigenvalue weighted by Gasteiger charge is 2.42. The number of aromatic amines is 1. The molecule has 1 aromatic heterocycles. The fourth-order valence-corrected chi connectivity index (χ4v) is 1.59. The van der Waals surface area contributed by atoms with Crippen molar-refractivity contribution in [2.45, 2.75) is 12.8 Å². The van der Waals surface area contributed by atoms with Crippen LogP contribution in [0.2, 0.25) is 5.02 Å². The van der Waals surface area contributed by atoms with Crippen LogP contribution in [-0.4, -0.2) is 29.1 Å². The first-order chi connectivity index (χ1) is 7.15. The number of hydrogen-bond donors (Lipinski definition) is 3. The van der Waals surface area contributed by atoms with E-state index in [4.69, 9.17) is 16.7 Å². The van der Waals surface area contributed by atoms with E-state index in [2.05, 4.69) is 10.3 Å². The molecule has 82 valence electrons. The van der Waals surface area contributed by atoms with Crippen LogP contribution in [0.5, 0.6) is 0 Å². The van der Waals surface area contributed by atoms with Gasteiger partial charge in [0.15, 0.2) is 0 Å². The maximum atomic E-state index is 11.6. The fraction of sp³-hybridized carbons (Fsp3) is 0.500. The van der Waals surface area contributed by atoms with Crippen molar-refractivity contribution in [1.82, 2.24) is 10.3 Å². The van der Waals surface area contributed by atoms with Gasteiger partial charge in [-0.15, -0.1) is 0 Å². The van der Waals surface area contributed by atoms with Gasteiger partial charge in [0.25, 0.3) is 5.91 Å². The van der Waals surface area contributed by atoms with Crippen molar-refractivity contribution >= 4 is 17.5 Å². The molecule has 1 aliphatic carbocycles. The van der Waals surface area contributed by atoms with Crippen LogP contribution in [-0.2, 0) is 0 Å². The molecule has 0 saturated heterocycles. The third-order valence-corrected chi connectivity index (χ3v) is 3.03. The van der Waals surface area contributed by atoms with Crippen molar-refractivity contribution in [3.63, 3.8) is 0 Å². The minimum atomic E-state index is -0.179. The van der Waals surface area contributed by atoms with E-state index in [1.165, 1.54) is 0 Å². The number of amides is 1. The molecule has 0 aromatic carbocycles. The number of rotatable bonds is 4. The summed E-state index contributed by atoms with van der Waals surface area (Å²) >= 11 is 5.68. The molecule has 1 saturated carbocycles. The summed E-state index contributed by atoms with van der Waals surface area (Å²) in [7, 11) is 0. The molecular formula is C10H13ClN2O2. The molecule has 0 aliphatic heterocycles. The topological polar surface area (TPSA) is 65.1 Å². The molecule has 1 aliphatic rings. The molecule has 1 fully saturated rings. The summed E-state index contributed by atoms with van der Waals surface area (Å²) in [4.78, 5) is 14.3. The first-order valence-corrected chi connectivity index (χ1v) is 5.26. The van der Waals surface area contributed by atoms with E-state index in [1.807, 2.05) is 0 Å².